The third-order valence-corrected chi connectivity index (χ3v) is 5.49. The molecule has 1 heterocycles. The first-order valence-electron chi connectivity index (χ1n) is 8.96. The fourth-order valence-corrected chi connectivity index (χ4v) is 3.81. The Hall–Kier alpha value is -1.24. The summed E-state index contributed by atoms with van der Waals surface area (Å²) in [5.74, 6) is 1.01. The van der Waals surface area contributed by atoms with Crippen molar-refractivity contribution in [2.75, 3.05) is 46.6 Å². The number of likely N-dealkylation sites (tertiary alicyclic amines) is 1. The van der Waals surface area contributed by atoms with Crippen molar-refractivity contribution in [1.29, 1.82) is 0 Å². The van der Waals surface area contributed by atoms with Crippen LogP contribution in [0, 0.1) is 0 Å². The predicted molar refractivity (Wildman–Crippen MR) is 104 cm³/mol. The van der Waals surface area contributed by atoms with Gasteiger partial charge in [0.15, 0.2) is 0 Å². The molecule has 0 unspecified atom stereocenters. The van der Waals surface area contributed by atoms with Crippen LogP contribution in [0.2, 0.25) is 0 Å². The molecule has 1 amide bonds. The highest BCUT2D eigenvalue weighted by Crippen LogP contribution is 2.28. The Morgan fingerprint density at radius 2 is 2.12 bits per heavy atom. The normalized spacial score (nSPS) is 16.2. The number of benzene rings is 1. The number of nitrogens with zero attached hydrogens (tertiary/aromatic N) is 2. The average Bonchev–Trinajstić information content (AvgIpc) is 2.62. The summed E-state index contributed by atoms with van der Waals surface area (Å²) in [6.07, 6.45) is 4.15. The molecule has 0 atom stereocenters. The van der Waals surface area contributed by atoms with Crippen molar-refractivity contribution in [3.8, 4) is 5.75 Å². The Labute approximate surface area is 156 Å². The number of ether oxygens (including phenoxy) is 1. The molecule has 25 heavy (non-hydrogen) atoms. The number of carbonyl (C=O) groups excluding carboxylic acids is 1. The highest BCUT2D eigenvalue weighted by atomic mass is 32.2. The molecule has 1 fully saturated rings. The summed E-state index contributed by atoms with van der Waals surface area (Å²) in [6, 6.07) is 6.56. The van der Waals surface area contributed by atoms with Crippen LogP contribution < -0.4 is 10.1 Å². The van der Waals surface area contributed by atoms with Gasteiger partial charge in [-0.1, -0.05) is 13.0 Å². The SMILES string of the molecule is CCN1CCC(NC(=O)CN(C)Cc2ccc(SC)c(OC)c2)CC1. The molecular weight excluding hydrogens is 334 g/mol. The summed E-state index contributed by atoms with van der Waals surface area (Å²) in [5.41, 5.74) is 1.15. The number of amides is 1. The summed E-state index contributed by atoms with van der Waals surface area (Å²) in [4.78, 5) is 17.9. The van der Waals surface area contributed by atoms with Crippen molar-refractivity contribution in [3.63, 3.8) is 0 Å². The molecule has 0 aliphatic carbocycles. The topological polar surface area (TPSA) is 44.8 Å². The second-order valence-electron chi connectivity index (χ2n) is 6.64. The number of carbonyl (C=O) groups is 1. The quantitative estimate of drug-likeness (QED) is 0.717. The van der Waals surface area contributed by atoms with Gasteiger partial charge in [-0.05, 0) is 50.4 Å². The van der Waals surface area contributed by atoms with Crippen LogP contribution in [0.4, 0.5) is 0 Å². The predicted octanol–water partition coefficient (Wildman–Crippen LogP) is 2.45. The summed E-state index contributed by atoms with van der Waals surface area (Å²) < 4.78 is 5.44. The molecule has 0 radical (unpaired) electrons. The van der Waals surface area contributed by atoms with Gasteiger partial charge in [-0.2, -0.15) is 0 Å². The molecule has 0 aromatic heterocycles. The molecule has 1 aromatic rings. The number of methoxy groups -OCH3 is 1. The van der Waals surface area contributed by atoms with Crippen LogP contribution in [-0.4, -0.2) is 68.3 Å². The van der Waals surface area contributed by atoms with Gasteiger partial charge >= 0.3 is 0 Å². The number of hydrogen-bond acceptors (Lipinski definition) is 5. The minimum Gasteiger partial charge on any atom is -0.496 e. The monoisotopic (exact) mass is 365 g/mol. The molecule has 1 aromatic carbocycles. The summed E-state index contributed by atoms with van der Waals surface area (Å²) in [6.45, 7) is 6.60. The van der Waals surface area contributed by atoms with Crippen molar-refractivity contribution < 1.29 is 9.53 Å². The van der Waals surface area contributed by atoms with Crippen molar-refractivity contribution >= 4 is 17.7 Å². The molecule has 1 aliphatic heterocycles. The molecular formula is C19H31N3O2S. The van der Waals surface area contributed by atoms with Crippen molar-refractivity contribution in [2.24, 2.45) is 0 Å². The first-order chi connectivity index (χ1) is 12.0. The number of likely N-dealkylation sites (N-methyl/N-ethyl adjacent to an activating group) is 1. The van der Waals surface area contributed by atoms with E-state index in [0.29, 0.717) is 12.6 Å². The van der Waals surface area contributed by atoms with Crippen LogP contribution in [0.15, 0.2) is 23.1 Å². The molecule has 1 saturated heterocycles. The minimum atomic E-state index is 0.116. The maximum Gasteiger partial charge on any atom is 0.234 e. The second kappa shape index (κ2) is 10.0. The average molecular weight is 366 g/mol. The minimum absolute atomic E-state index is 0.116. The van der Waals surface area contributed by atoms with Crippen LogP contribution in [0.1, 0.15) is 25.3 Å². The number of nitrogens with one attached hydrogen (secondary N) is 1. The van der Waals surface area contributed by atoms with E-state index in [-0.39, 0.29) is 5.91 Å². The third-order valence-electron chi connectivity index (χ3n) is 4.71. The Balaban J connectivity index is 1.79. The van der Waals surface area contributed by atoms with Gasteiger partial charge in [0.1, 0.15) is 5.75 Å². The van der Waals surface area contributed by atoms with Crippen LogP contribution >= 0.6 is 11.8 Å². The summed E-state index contributed by atoms with van der Waals surface area (Å²) in [7, 11) is 3.67. The van der Waals surface area contributed by atoms with E-state index < -0.39 is 0 Å². The van der Waals surface area contributed by atoms with Gasteiger partial charge in [0, 0.05) is 30.6 Å². The lowest BCUT2D eigenvalue weighted by Crippen LogP contribution is -2.46. The van der Waals surface area contributed by atoms with Crippen LogP contribution in [-0.2, 0) is 11.3 Å². The van der Waals surface area contributed by atoms with Gasteiger partial charge in [0.05, 0.1) is 13.7 Å². The van der Waals surface area contributed by atoms with E-state index in [1.165, 1.54) is 0 Å². The Kier molecular flexibility index (Phi) is 8.06. The lowest BCUT2D eigenvalue weighted by atomic mass is 10.1. The first kappa shape index (κ1) is 20.1. The lowest BCUT2D eigenvalue weighted by Gasteiger charge is -2.31. The number of hydrogen-bond donors (Lipinski definition) is 1. The number of rotatable bonds is 8. The second-order valence-corrected chi connectivity index (χ2v) is 7.49. The van der Waals surface area contributed by atoms with Crippen LogP contribution in [0.3, 0.4) is 0 Å². The van der Waals surface area contributed by atoms with Crippen LogP contribution in [0.25, 0.3) is 0 Å². The zero-order chi connectivity index (χ0) is 18.2. The number of thioether (sulfide) groups is 1. The van der Waals surface area contributed by atoms with Crippen molar-refractivity contribution in [2.45, 2.75) is 37.2 Å². The fraction of sp³-hybridized carbons (Fsp3) is 0.632. The Morgan fingerprint density at radius 3 is 2.72 bits per heavy atom. The molecule has 0 bridgehead atoms. The zero-order valence-electron chi connectivity index (χ0n) is 15.9. The van der Waals surface area contributed by atoms with E-state index >= 15 is 0 Å². The maximum atomic E-state index is 12.3. The zero-order valence-corrected chi connectivity index (χ0v) is 16.7. The van der Waals surface area contributed by atoms with Gasteiger partial charge in [-0.15, -0.1) is 11.8 Å². The largest absolute Gasteiger partial charge is 0.496 e. The van der Waals surface area contributed by atoms with Gasteiger partial charge in [0.2, 0.25) is 5.91 Å². The summed E-state index contributed by atoms with van der Waals surface area (Å²) >= 11 is 1.67. The molecule has 140 valence electrons. The molecule has 2 rings (SSSR count). The third kappa shape index (κ3) is 6.20. The molecule has 1 aliphatic rings. The Morgan fingerprint density at radius 1 is 1.40 bits per heavy atom. The highest BCUT2D eigenvalue weighted by molar-refractivity contribution is 7.98. The van der Waals surface area contributed by atoms with E-state index in [1.807, 2.05) is 18.2 Å². The van der Waals surface area contributed by atoms with E-state index in [4.69, 9.17) is 4.74 Å². The van der Waals surface area contributed by atoms with E-state index in [2.05, 4.69) is 35.3 Å². The highest BCUT2D eigenvalue weighted by Gasteiger charge is 2.20. The van der Waals surface area contributed by atoms with Gasteiger partial charge < -0.3 is 15.0 Å². The Bertz CT molecular complexity index is 560. The molecule has 5 nitrogen and oxygen atoms in total. The molecule has 0 spiro atoms. The van der Waals surface area contributed by atoms with E-state index in [0.717, 1.165) is 55.2 Å². The van der Waals surface area contributed by atoms with Crippen molar-refractivity contribution in [3.05, 3.63) is 23.8 Å². The van der Waals surface area contributed by atoms with Crippen LogP contribution in [0.5, 0.6) is 5.75 Å². The number of piperidine rings is 1. The maximum absolute atomic E-state index is 12.3. The van der Waals surface area contributed by atoms with E-state index in [9.17, 15) is 4.79 Å². The van der Waals surface area contributed by atoms with E-state index in [1.54, 1.807) is 18.9 Å². The van der Waals surface area contributed by atoms with Crippen molar-refractivity contribution in [1.82, 2.24) is 15.1 Å². The molecule has 0 saturated carbocycles. The fourth-order valence-electron chi connectivity index (χ4n) is 3.26. The molecule has 6 heteroatoms. The molecule has 1 N–H and O–H groups in total. The smallest absolute Gasteiger partial charge is 0.234 e. The summed E-state index contributed by atoms with van der Waals surface area (Å²) in [5, 5.41) is 3.19. The van der Waals surface area contributed by atoms with Gasteiger partial charge in [0.25, 0.3) is 0 Å². The standard InChI is InChI=1S/C19H31N3O2S/c1-5-22-10-8-16(9-11-22)20-19(23)14-21(2)13-15-6-7-18(25-4)17(12-15)24-3/h6-7,12,16H,5,8-11,13-14H2,1-4H3,(H,20,23). The van der Waals surface area contributed by atoms with Gasteiger partial charge in [-0.3, -0.25) is 9.69 Å². The lowest BCUT2D eigenvalue weighted by molar-refractivity contribution is -0.123. The van der Waals surface area contributed by atoms with Gasteiger partial charge in [-0.25, -0.2) is 0 Å². The first-order valence-corrected chi connectivity index (χ1v) is 10.2.